The van der Waals surface area contributed by atoms with Gasteiger partial charge >= 0.3 is 0 Å². The van der Waals surface area contributed by atoms with Crippen LogP contribution in [0.4, 0.5) is 4.39 Å². The highest BCUT2D eigenvalue weighted by Crippen LogP contribution is 2.40. The van der Waals surface area contributed by atoms with Crippen molar-refractivity contribution in [1.82, 2.24) is 0 Å². The van der Waals surface area contributed by atoms with Crippen molar-refractivity contribution in [2.24, 2.45) is 0 Å². The fraction of sp³-hybridized carbons (Fsp3) is 0.0667. The summed E-state index contributed by atoms with van der Waals surface area (Å²) in [6.07, 6.45) is 1.55. The Bertz CT molecular complexity index is 749. The van der Waals surface area contributed by atoms with E-state index in [9.17, 15) is 4.39 Å². The molecule has 0 unspecified atom stereocenters. The molecule has 0 atom stereocenters. The summed E-state index contributed by atoms with van der Waals surface area (Å²) >= 11 is 3.42. The van der Waals surface area contributed by atoms with E-state index in [4.69, 9.17) is 9.15 Å². The average molecular weight is 321 g/mol. The predicted molar refractivity (Wildman–Crippen MR) is 75.9 cm³/mol. The number of hydrogen-bond acceptors (Lipinski definition) is 2. The van der Waals surface area contributed by atoms with E-state index >= 15 is 0 Å². The molecule has 0 fully saturated rings. The number of furan rings is 1. The van der Waals surface area contributed by atoms with Crippen LogP contribution in [0.5, 0.6) is 5.75 Å². The molecule has 3 rings (SSSR count). The molecular weight excluding hydrogens is 311 g/mol. The molecule has 0 N–H and O–H groups in total. The van der Waals surface area contributed by atoms with Crippen LogP contribution < -0.4 is 4.74 Å². The normalized spacial score (nSPS) is 10.9. The Morgan fingerprint density at radius 3 is 2.63 bits per heavy atom. The van der Waals surface area contributed by atoms with Crippen molar-refractivity contribution < 1.29 is 13.5 Å². The first-order chi connectivity index (χ1) is 9.22. The summed E-state index contributed by atoms with van der Waals surface area (Å²) in [6.45, 7) is 0. The summed E-state index contributed by atoms with van der Waals surface area (Å²) < 4.78 is 25.6. The molecule has 0 spiro atoms. The van der Waals surface area contributed by atoms with Crippen LogP contribution in [0.1, 0.15) is 0 Å². The van der Waals surface area contributed by atoms with Gasteiger partial charge < -0.3 is 9.15 Å². The summed E-state index contributed by atoms with van der Waals surface area (Å²) in [5.41, 5.74) is 1.83. The van der Waals surface area contributed by atoms with Crippen LogP contribution in [0.3, 0.4) is 0 Å². The van der Waals surface area contributed by atoms with Crippen LogP contribution in [0.2, 0.25) is 0 Å². The van der Waals surface area contributed by atoms with Gasteiger partial charge in [-0.1, -0.05) is 18.2 Å². The zero-order valence-electron chi connectivity index (χ0n) is 10.1. The molecule has 0 saturated heterocycles. The lowest BCUT2D eigenvalue weighted by molar-refractivity contribution is 0.419. The largest absolute Gasteiger partial charge is 0.496 e. The van der Waals surface area contributed by atoms with Gasteiger partial charge in [-0.3, -0.25) is 0 Å². The van der Waals surface area contributed by atoms with E-state index in [-0.39, 0.29) is 5.82 Å². The van der Waals surface area contributed by atoms with Gasteiger partial charge in [0.15, 0.2) is 5.58 Å². The Morgan fingerprint density at radius 1 is 1.11 bits per heavy atom. The summed E-state index contributed by atoms with van der Waals surface area (Å²) in [6, 6.07) is 10.3. The van der Waals surface area contributed by atoms with E-state index < -0.39 is 0 Å². The van der Waals surface area contributed by atoms with E-state index in [0.29, 0.717) is 22.5 Å². The minimum atomic E-state index is -0.285. The highest BCUT2D eigenvalue weighted by atomic mass is 79.9. The minimum Gasteiger partial charge on any atom is -0.496 e. The zero-order chi connectivity index (χ0) is 13.4. The lowest BCUT2D eigenvalue weighted by atomic mass is 10.0. The third-order valence-corrected chi connectivity index (χ3v) is 3.64. The summed E-state index contributed by atoms with van der Waals surface area (Å²) in [5.74, 6) is 0.373. The molecule has 1 aromatic heterocycles. The van der Waals surface area contributed by atoms with E-state index in [1.807, 2.05) is 12.1 Å². The number of benzene rings is 2. The minimum absolute atomic E-state index is 0.285. The van der Waals surface area contributed by atoms with Crippen molar-refractivity contribution in [1.29, 1.82) is 0 Å². The first-order valence-corrected chi connectivity index (χ1v) is 6.50. The fourth-order valence-electron chi connectivity index (χ4n) is 2.13. The Morgan fingerprint density at radius 2 is 1.89 bits per heavy atom. The molecule has 0 bridgehead atoms. The third-order valence-electron chi connectivity index (χ3n) is 3.02. The first kappa shape index (κ1) is 12.2. The molecule has 3 aromatic rings. The highest BCUT2D eigenvalue weighted by Gasteiger charge is 2.17. The SMILES string of the molecule is COc1ccc(Br)c2occ(-c3ccccc3F)c12. The molecule has 0 saturated carbocycles. The Kier molecular flexibility index (Phi) is 3.03. The molecule has 0 aliphatic heterocycles. The van der Waals surface area contributed by atoms with Crippen LogP contribution >= 0.6 is 15.9 Å². The molecule has 1 heterocycles. The Labute approximate surface area is 117 Å². The summed E-state index contributed by atoms with van der Waals surface area (Å²) in [4.78, 5) is 0. The number of halogens is 2. The maximum atomic E-state index is 13.9. The lowest BCUT2D eigenvalue weighted by Gasteiger charge is -2.05. The number of ether oxygens (including phenoxy) is 1. The highest BCUT2D eigenvalue weighted by molar-refractivity contribution is 9.10. The molecule has 4 heteroatoms. The molecule has 96 valence electrons. The van der Waals surface area contributed by atoms with Gasteiger partial charge in [-0.2, -0.15) is 0 Å². The molecular formula is C15H10BrFO2. The smallest absolute Gasteiger partial charge is 0.152 e. The van der Waals surface area contributed by atoms with Crippen molar-refractivity contribution in [3.63, 3.8) is 0 Å². The molecule has 2 nitrogen and oxygen atoms in total. The van der Waals surface area contributed by atoms with Crippen LogP contribution in [0, 0.1) is 5.82 Å². The first-order valence-electron chi connectivity index (χ1n) is 5.71. The molecule has 0 amide bonds. The number of rotatable bonds is 2. The van der Waals surface area contributed by atoms with E-state index in [0.717, 1.165) is 9.86 Å². The number of fused-ring (bicyclic) bond motifs is 1. The number of hydrogen-bond donors (Lipinski definition) is 0. The maximum absolute atomic E-state index is 13.9. The van der Waals surface area contributed by atoms with Crippen molar-refractivity contribution in [3.8, 4) is 16.9 Å². The molecule has 0 aliphatic carbocycles. The van der Waals surface area contributed by atoms with Gasteiger partial charge in [0, 0.05) is 11.1 Å². The topological polar surface area (TPSA) is 22.4 Å². The van der Waals surface area contributed by atoms with Gasteiger partial charge in [-0.25, -0.2) is 4.39 Å². The van der Waals surface area contributed by atoms with Gasteiger partial charge in [-0.15, -0.1) is 0 Å². The molecule has 2 aromatic carbocycles. The Balaban J connectivity index is 2.37. The van der Waals surface area contributed by atoms with Gasteiger partial charge in [0.25, 0.3) is 0 Å². The van der Waals surface area contributed by atoms with E-state index in [1.54, 1.807) is 31.6 Å². The van der Waals surface area contributed by atoms with Crippen molar-refractivity contribution in [2.45, 2.75) is 0 Å². The maximum Gasteiger partial charge on any atom is 0.152 e. The van der Waals surface area contributed by atoms with Gasteiger partial charge in [0.1, 0.15) is 11.6 Å². The number of methoxy groups -OCH3 is 1. The second-order valence-corrected chi connectivity index (χ2v) is 4.94. The van der Waals surface area contributed by atoms with Gasteiger partial charge in [0.05, 0.1) is 23.2 Å². The predicted octanol–water partition coefficient (Wildman–Crippen LogP) is 5.01. The van der Waals surface area contributed by atoms with Crippen LogP contribution in [0.25, 0.3) is 22.1 Å². The average Bonchev–Trinajstić information content (AvgIpc) is 2.86. The van der Waals surface area contributed by atoms with Crippen LogP contribution in [0.15, 0.2) is 51.6 Å². The van der Waals surface area contributed by atoms with Crippen molar-refractivity contribution in [2.75, 3.05) is 7.11 Å². The monoisotopic (exact) mass is 320 g/mol. The van der Waals surface area contributed by atoms with Crippen LogP contribution in [-0.4, -0.2) is 7.11 Å². The lowest BCUT2D eigenvalue weighted by Crippen LogP contribution is -1.87. The standard InChI is InChI=1S/C15H10BrFO2/c1-18-13-7-6-11(16)15-14(13)10(8-19-15)9-4-2-3-5-12(9)17/h2-8H,1H3. The van der Waals surface area contributed by atoms with Crippen LogP contribution in [-0.2, 0) is 0 Å². The summed E-state index contributed by atoms with van der Waals surface area (Å²) in [7, 11) is 1.58. The molecule has 19 heavy (non-hydrogen) atoms. The summed E-state index contributed by atoms with van der Waals surface area (Å²) in [5, 5.41) is 0.766. The molecule has 0 radical (unpaired) electrons. The third kappa shape index (κ3) is 1.92. The van der Waals surface area contributed by atoms with Gasteiger partial charge in [-0.05, 0) is 34.1 Å². The quantitative estimate of drug-likeness (QED) is 0.662. The fourth-order valence-corrected chi connectivity index (χ4v) is 2.56. The van der Waals surface area contributed by atoms with Crippen molar-refractivity contribution >= 4 is 26.9 Å². The van der Waals surface area contributed by atoms with Gasteiger partial charge in [0.2, 0.25) is 0 Å². The van der Waals surface area contributed by atoms with Crippen molar-refractivity contribution in [3.05, 3.63) is 53.0 Å². The second-order valence-electron chi connectivity index (χ2n) is 4.08. The molecule has 0 aliphatic rings. The van der Waals surface area contributed by atoms with E-state index in [1.165, 1.54) is 6.07 Å². The second kappa shape index (κ2) is 4.70. The van der Waals surface area contributed by atoms with E-state index in [2.05, 4.69) is 15.9 Å². The Hall–Kier alpha value is -1.81. The zero-order valence-corrected chi connectivity index (χ0v) is 11.7.